The van der Waals surface area contributed by atoms with E-state index in [1.165, 1.54) is 19.3 Å². The summed E-state index contributed by atoms with van der Waals surface area (Å²) in [6.45, 7) is 5.76. The Balaban J connectivity index is 1.64. The van der Waals surface area contributed by atoms with Crippen molar-refractivity contribution in [3.05, 3.63) is 28.7 Å². The molecule has 2 aliphatic rings. The minimum atomic E-state index is -3.62. The van der Waals surface area contributed by atoms with Crippen LogP contribution in [0.2, 0.25) is 0 Å². The minimum absolute atomic E-state index is 0.220. The van der Waals surface area contributed by atoms with Crippen LogP contribution in [0, 0.1) is 11.8 Å². The van der Waals surface area contributed by atoms with Gasteiger partial charge in [0.25, 0.3) is 10.0 Å². The van der Waals surface area contributed by atoms with Crippen molar-refractivity contribution < 1.29 is 8.42 Å². The van der Waals surface area contributed by atoms with E-state index in [0.29, 0.717) is 31.3 Å². The molecule has 2 N–H and O–H groups in total. The number of halogens is 1. The summed E-state index contributed by atoms with van der Waals surface area (Å²) in [5.74, 6) is 1.67. The van der Waals surface area contributed by atoms with Crippen LogP contribution in [0.5, 0.6) is 0 Å². The van der Waals surface area contributed by atoms with E-state index >= 15 is 0 Å². The molecule has 1 saturated carbocycles. The Bertz CT molecular complexity index is 736. The largest absolute Gasteiger partial charge is 0.343 e. The van der Waals surface area contributed by atoms with Gasteiger partial charge in [-0.25, -0.2) is 18.1 Å². The highest BCUT2D eigenvalue weighted by Crippen LogP contribution is 2.32. The molecule has 1 aromatic carbocycles. The zero-order valence-corrected chi connectivity index (χ0v) is 17.0. The van der Waals surface area contributed by atoms with Crippen LogP contribution in [0.1, 0.15) is 33.1 Å². The average Bonchev–Trinajstić information content (AvgIpc) is 2.58. The molecule has 3 atom stereocenters. The molecular formula is C17H25BrN4O2S. The summed E-state index contributed by atoms with van der Waals surface area (Å²) >= 11 is 3.31. The topological polar surface area (TPSA) is 73.8 Å². The van der Waals surface area contributed by atoms with Crippen LogP contribution in [0.15, 0.2) is 38.6 Å². The third-order valence-corrected chi connectivity index (χ3v) is 7.23. The molecule has 1 fully saturated rings. The third kappa shape index (κ3) is 4.35. The Kier molecular flexibility index (Phi) is 5.70. The highest BCUT2D eigenvalue weighted by Gasteiger charge is 2.32. The van der Waals surface area contributed by atoms with Gasteiger partial charge in [0.05, 0.1) is 18.2 Å². The first-order valence-corrected chi connectivity index (χ1v) is 10.9. The first-order chi connectivity index (χ1) is 11.9. The first kappa shape index (κ1) is 18.7. The molecule has 0 bridgehead atoms. The van der Waals surface area contributed by atoms with Crippen LogP contribution >= 0.6 is 15.9 Å². The molecule has 0 aromatic heterocycles. The normalized spacial score (nSPS) is 28.1. The first-order valence-electron chi connectivity index (χ1n) is 8.67. The second-order valence-electron chi connectivity index (χ2n) is 6.97. The van der Waals surface area contributed by atoms with Crippen LogP contribution in [-0.2, 0) is 10.0 Å². The molecule has 1 aliphatic carbocycles. The van der Waals surface area contributed by atoms with Crippen molar-refractivity contribution in [2.24, 2.45) is 16.8 Å². The van der Waals surface area contributed by atoms with E-state index in [1.807, 2.05) is 0 Å². The van der Waals surface area contributed by atoms with Gasteiger partial charge >= 0.3 is 0 Å². The standard InChI is InChI=1S/C17H25BrN4O2S/c1-12-4-3-5-16(13(12)2)22-10-19-17(20-11-22)21-25(23,24)15-8-6-14(18)7-9-15/h6-9,12-13,16H,3-5,10-11H2,1-2H3,(H2,19,20,21). The van der Waals surface area contributed by atoms with E-state index in [2.05, 4.69) is 49.7 Å². The van der Waals surface area contributed by atoms with Crippen molar-refractivity contribution >= 4 is 31.9 Å². The van der Waals surface area contributed by atoms with E-state index in [1.54, 1.807) is 24.3 Å². The van der Waals surface area contributed by atoms with Gasteiger partial charge in [0, 0.05) is 10.5 Å². The van der Waals surface area contributed by atoms with Gasteiger partial charge in [0.1, 0.15) is 0 Å². The molecule has 1 aliphatic heterocycles. The molecule has 1 heterocycles. The molecule has 3 unspecified atom stereocenters. The van der Waals surface area contributed by atoms with Crippen molar-refractivity contribution in [1.82, 2.24) is 14.9 Å². The van der Waals surface area contributed by atoms with Gasteiger partial charge in [-0.05, 0) is 42.5 Å². The minimum Gasteiger partial charge on any atom is -0.343 e. The molecule has 0 amide bonds. The number of rotatable bonds is 3. The van der Waals surface area contributed by atoms with E-state index in [-0.39, 0.29) is 4.90 Å². The lowest BCUT2D eigenvalue weighted by molar-refractivity contribution is 0.0768. The maximum Gasteiger partial charge on any atom is 0.264 e. The van der Waals surface area contributed by atoms with Gasteiger partial charge in [0.2, 0.25) is 5.96 Å². The highest BCUT2D eigenvalue weighted by molar-refractivity contribution is 9.10. The van der Waals surface area contributed by atoms with Gasteiger partial charge in [-0.3, -0.25) is 4.90 Å². The Labute approximate surface area is 158 Å². The summed E-state index contributed by atoms with van der Waals surface area (Å²) in [5.41, 5.74) is 0. The van der Waals surface area contributed by atoms with Crippen molar-refractivity contribution in [1.29, 1.82) is 0 Å². The maximum atomic E-state index is 12.4. The Hall–Kier alpha value is -1.12. The number of hydrogen-bond donors (Lipinski definition) is 2. The zero-order chi connectivity index (χ0) is 18.0. The predicted molar refractivity (Wildman–Crippen MR) is 103 cm³/mol. The number of hydrogen-bond acceptors (Lipinski definition) is 5. The molecule has 0 saturated heterocycles. The SMILES string of the molecule is CC1CCCC(N2CN=C(NS(=O)(=O)c3ccc(Br)cc3)NC2)C1C. The third-order valence-electron chi connectivity index (χ3n) is 5.35. The Morgan fingerprint density at radius 1 is 1.24 bits per heavy atom. The van der Waals surface area contributed by atoms with Crippen LogP contribution in [-0.4, -0.2) is 38.7 Å². The Morgan fingerprint density at radius 3 is 2.60 bits per heavy atom. The summed E-state index contributed by atoms with van der Waals surface area (Å²) in [4.78, 5) is 6.93. The van der Waals surface area contributed by atoms with Gasteiger partial charge in [-0.15, -0.1) is 0 Å². The lowest BCUT2D eigenvalue weighted by Gasteiger charge is -2.42. The molecule has 6 nitrogen and oxygen atoms in total. The number of guanidine groups is 1. The maximum absolute atomic E-state index is 12.4. The van der Waals surface area contributed by atoms with Gasteiger partial charge in [-0.2, -0.15) is 0 Å². The lowest BCUT2D eigenvalue weighted by atomic mass is 9.77. The van der Waals surface area contributed by atoms with Crippen LogP contribution < -0.4 is 10.0 Å². The summed E-state index contributed by atoms with van der Waals surface area (Å²) in [7, 11) is -3.62. The second kappa shape index (κ2) is 7.63. The average molecular weight is 429 g/mol. The quantitative estimate of drug-likeness (QED) is 0.775. The van der Waals surface area contributed by atoms with Crippen molar-refractivity contribution in [3.63, 3.8) is 0 Å². The summed E-state index contributed by atoms with van der Waals surface area (Å²) in [6.07, 6.45) is 3.72. The number of benzene rings is 1. The molecule has 0 radical (unpaired) electrons. The molecule has 0 spiro atoms. The fraction of sp³-hybridized carbons (Fsp3) is 0.588. The van der Waals surface area contributed by atoms with E-state index in [9.17, 15) is 8.42 Å². The number of aliphatic imine (C=N–C) groups is 1. The van der Waals surface area contributed by atoms with Crippen molar-refractivity contribution in [3.8, 4) is 0 Å². The van der Waals surface area contributed by atoms with Crippen LogP contribution in [0.4, 0.5) is 0 Å². The molecule has 8 heteroatoms. The molecule has 138 valence electrons. The van der Waals surface area contributed by atoms with Crippen molar-refractivity contribution in [2.75, 3.05) is 13.3 Å². The van der Waals surface area contributed by atoms with E-state index in [0.717, 1.165) is 10.4 Å². The fourth-order valence-electron chi connectivity index (χ4n) is 3.60. The highest BCUT2D eigenvalue weighted by atomic mass is 79.9. The van der Waals surface area contributed by atoms with Crippen LogP contribution in [0.25, 0.3) is 0 Å². The molecular weight excluding hydrogens is 404 g/mol. The summed E-state index contributed by atoms with van der Waals surface area (Å²) in [6, 6.07) is 7.04. The monoisotopic (exact) mass is 428 g/mol. The lowest BCUT2D eigenvalue weighted by Crippen LogP contribution is -2.55. The molecule has 1 aromatic rings. The van der Waals surface area contributed by atoms with E-state index < -0.39 is 10.0 Å². The molecule has 3 rings (SSSR count). The smallest absolute Gasteiger partial charge is 0.264 e. The van der Waals surface area contributed by atoms with Crippen molar-refractivity contribution in [2.45, 2.75) is 44.0 Å². The number of nitrogens with zero attached hydrogens (tertiary/aromatic N) is 2. The van der Waals surface area contributed by atoms with Crippen LogP contribution in [0.3, 0.4) is 0 Å². The number of sulfonamides is 1. The Morgan fingerprint density at radius 2 is 1.96 bits per heavy atom. The molecule has 25 heavy (non-hydrogen) atoms. The predicted octanol–water partition coefficient (Wildman–Crippen LogP) is 2.73. The van der Waals surface area contributed by atoms with Gasteiger partial charge in [0.15, 0.2) is 0 Å². The van der Waals surface area contributed by atoms with Gasteiger partial charge in [-0.1, -0.05) is 42.6 Å². The van der Waals surface area contributed by atoms with E-state index in [4.69, 9.17) is 0 Å². The van der Waals surface area contributed by atoms with Gasteiger partial charge < -0.3 is 5.32 Å². The number of nitrogens with one attached hydrogen (secondary N) is 2. The summed E-state index contributed by atoms with van der Waals surface area (Å²) in [5, 5.41) is 3.12. The summed E-state index contributed by atoms with van der Waals surface area (Å²) < 4.78 is 28.2. The zero-order valence-electron chi connectivity index (χ0n) is 14.6. The fourth-order valence-corrected chi connectivity index (χ4v) is 4.87. The second-order valence-corrected chi connectivity index (χ2v) is 9.56.